The third kappa shape index (κ3) is 2.74. The molecule has 0 spiro atoms. The van der Waals surface area contributed by atoms with Crippen molar-refractivity contribution in [1.29, 1.82) is 5.41 Å². The lowest BCUT2D eigenvalue weighted by molar-refractivity contribution is -0.385. The molecule has 0 saturated carbocycles. The van der Waals surface area contributed by atoms with Crippen LogP contribution in [0.4, 0.5) is 5.69 Å². The Morgan fingerprint density at radius 2 is 1.90 bits per heavy atom. The van der Waals surface area contributed by atoms with Crippen molar-refractivity contribution in [3.05, 3.63) is 63.7 Å². The van der Waals surface area contributed by atoms with Crippen LogP contribution in [0.1, 0.15) is 11.1 Å². The van der Waals surface area contributed by atoms with E-state index in [4.69, 9.17) is 15.9 Å². The molecule has 2 rings (SSSR count). The summed E-state index contributed by atoms with van der Waals surface area (Å²) in [6, 6.07) is 11.3. The van der Waals surface area contributed by atoms with Crippen molar-refractivity contribution in [3.63, 3.8) is 0 Å². The van der Waals surface area contributed by atoms with Gasteiger partial charge >= 0.3 is 0 Å². The molecule has 3 N–H and O–H groups in total. The molecule has 0 aliphatic rings. The van der Waals surface area contributed by atoms with E-state index in [2.05, 4.69) is 0 Å². The third-order valence-electron chi connectivity index (χ3n) is 2.85. The van der Waals surface area contributed by atoms with Gasteiger partial charge in [0.1, 0.15) is 17.3 Å². The number of nitrogens with zero attached hydrogens (tertiary/aromatic N) is 1. The number of nitro benzene ring substituents is 1. The maximum absolute atomic E-state index is 10.9. The van der Waals surface area contributed by atoms with E-state index in [-0.39, 0.29) is 11.5 Å². The van der Waals surface area contributed by atoms with Gasteiger partial charge in [0.15, 0.2) is 0 Å². The van der Waals surface area contributed by atoms with Crippen molar-refractivity contribution < 1.29 is 9.66 Å². The number of amidine groups is 1. The monoisotopic (exact) mass is 271 g/mol. The number of benzene rings is 2. The zero-order chi connectivity index (χ0) is 14.7. The smallest absolute Gasteiger partial charge is 0.276 e. The van der Waals surface area contributed by atoms with Crippen LogP contribution in [0.25, 0.3) is 0 Å². The Bertz CT molecular complexity index is 666. The molecule has 20 heavy (non-hydrogen) atoms. The van der Waals surface area contributed by atoms with Crippen LogP contribution in [0, 0.1) is 22.4 Å². The first kappa shape index (κ1) is 13.5. The van der Waals surface area contributed by atoms with Crippen LogP contribution in [0.2, 0.25) is 0 Å². The molecular weight excluding hydrogens is 258 g/mol. The standard InChI is InChI=1S/C14H13N3O3/c1-9-12(17(18)19)3-2-4-13(9)20-11-7-5-10(6-8-11)14(15)16/h2-8H,1H3,(H3,15,16). The van der Waals surface area contributed by atoms with Crippen LogP contribution < -0.4 is 10.5 Å². The average molecular weight is 271 g/mol. The first-order valence-corrected chi connectivity index (χ1v) is 5.85. The van der Waals surface area contributed by atoms with Crippen LogP contribution in [0.5, 0.6) is 11.5 Å². The van der Waals surface area contributed by atoms with Gasteiger partial charge < -0.3 is 10.5 Å². The minimum absolute atomic E-state index is 0.0165. The summed E-state index contributed by atoms with van der Waals surface area (Å²) in [6.45, 7) is 1.64. The summed E-state index contributed by atoms with van der Waals surface area (Å²) >= 11 is 0. The van der Waals surface area contributed by atoms with E-state index in [1.54, 1.807) is 43.3 Å². The quantitative estimate of drug-likeness (QED) is 0.386. The van der Waals surface area contributed by atoms with E-state index in [1.807, 2.05) is 0 Å². The molecular formula is C14H13N3O3. The number of nitro groups is 1. The normalized spacial score (nSPS) is 10.1. The van der Waals surface area contributed by atoms with Gasteiger partial charge in [-0.3, -0.25) is 15.5 Å². The number of nitrogen functional groups attached to an aromatic ring is 1. The largest absolute Gasteiger partial charge is 0.457 e. The number of ether oxygens (including phenoxy) is 1. The van der Waals surface area contributed by atoms with Crippen LogP contribution in [-0.4, -0.2) is 10.8 Å². The third-order valence-corrected chi connectivity index (χ3v) is 2.85. The highest BCUT2D eigenvalue weighted by Crippen LogP contribution is 2.30. The molecule has 2 aromatic rings. The summed E-state index contributed by atoms with van der Waals surface area (Å²) in [5.41, 5.74) is 6.43. The molecule has 0 aliphatic carbocycles. The summed E-state index contributed by atoms with van der Waals surface area (Å²) in [4.78, 5) is 10.4. The molecule has 6 heteroatoms. The van der Waals surface area contributed by atoms with Gasteiger partial charge in [0.05, 0.1) is 10.5 Å². The molecule has 0 heterocycles. The topological polar surface area (TPSA) is 102 Å². The lowest BCUT2D eigenvalue weighted by Gasteiger charge is -2.09. The Labute approximate surface area is 115 Å². The van der Waals surface area contributed by atoms with E-state index in [0.29, 0.717) is 22.6 Å². The maximum Gasteiger partial charge on any atom is 0.276 e. The second-order valence-electron chi connectivity index (χ2n) is 4.20. The molecule has 6 nitrogen and oxygen atoms in total. The number of nitrogens with two attached hydrogens (primary N) is 1. The van der Waals surface area contributed by atoms with Crippen LogP contribution in [0.15, 0.2) is 42.5 Å². The molecule has 0 bridgehead atoms. The highest BCUT2D eigenvalue weighted by atomic mass is 16.6. The Kier molecular flexibility index (Phi) is 3.65. The molecule has 0 fully saturated rings. The van der Waals surface area contributed by atoms with Gasteiger partial charge in [0.25, 0.3) is 5.69 Å². The van der Waals surface area contributed by atoms with Gasteiger partial charge in [-0.25, -0.2) is 0 Å². The van der Waals surface area contributed by atoms with Gasteiger partial charge in [-0.15, -0.1) is 0 Å². The maximum atomic E-state index is 10.9. The summed E-state index contributed by atoms with van der Waals surface area (Å²) in [7, 11) is 0. The first-order valence-electron chi connectivity index (χ1n) is 5.85. The zero-order valence-corrected chi connectivity index (χ0v) is 10.8. The number of hydrogen-bond donors (Lipinski definition) is 2. The minimum atomic E-state index is -0.443. The molecule has 0 aliphatic heterocycles. The van der Waals surface area contributed by atoms with Gasteiger partial charge in [0.2, 0.25) is 0 Å². The molecule has 0 aromatic heterocycles. The van der Waals surface area contributed by atoms with Gasteiger partial charge in [0, 0.05) is 11.6 Å². The molecule has 0 atom stereocenters. The van der Waals surface area contributed by atoms with Crippen molar-refractivity contribution >= 4 is 11.5 Å². The predicted octanol–water partition coefficient (Wildman–Crippen LogP) is 2.98. The fraction of sp³-hybridized carbons (Fsp3) is 0.0714. The minimum Gasteiger partial charge on any atom is -0.457 e. The van der Waals surface area contributed by atoms with Crippen molar-refractivity contribution in [2.75, 3.05) is 0 Å². The van der Waals surface area contributed by atoms with Crippen LogP contribution in [0.3, 0.4) is 0 Å². The molecule has 0 radical (unpaired) electrons. The van der Waals surface area contributed by atoms with Crippen molar-refractivity contribution in [2.45, 2.75) is 6.92 Å². The number of hydrogen-bond acceptors (Lipinski definition) is 4. The summed E-state index contributed by atoms with van der Waals surface area (Å²) in [6.07, 6.45) is 0. The molecule has 102 valence electrons. The highest BCUT2D eigenvalue weighted by Gasteiger charge is 2.14. The van der Waals surface area contributed by atoms with Gasteiger partial charge in [-0.2, -0.15) is 0 Å². The SMILES string of the molecule is Cc1c(Oc2ccc(C(=N)N)cc2)cccc1[N+](=O)[O-]. The number of nitrogens with one attached hydrogen (secondary N) is 1. The summed E-state index contributed by atoms with van der Waals surface area (Å²) < 4.78 is 5.62. The predicted molar refractivity (Wildman–Crippen MR) is 75.4 cm³/mol. The fourth-order valence-corrected chi connectivity index (χ4v) is 1.74. The summed E-state index contributed by atoms with van der Waals surface area (Å²) in [5, 5.41) is 18.2. The second-order valence-corrected chi connectivity index (χ2v) is 4.20. The highest BCUT2D eigenvalue weighted by molar-refractivity contribution is 5.94. The Morgan fingerprint density at radius 1 is 1.25 bits per heavy atom. The van der Waals surface area contributed by atoms with E-state index >= 15 is 0 Å². The van der Waals surface area contributed by atoms with E-state index in [9.17, 15) is 10.1 Å². The molecule has 2 aromatic carbocycles. The van der Waals surface area contributed by atoms with E-state index in [1.165, 1.54) is 6.07 Å². The lowest BCUT2D eigenvalue weighted by atomic mass is 10.2. The Balaban J connectivity index is 2.28. The van der Waals surface area contributed by atoms with Crippen molar-refractivity contribution in [1.82, 2.24) is 0 Å². The van der Waals surface area contributed by atoms with Crippen LogP contribution in [-0.2, 0) is 0 Å². The van der Waals surface area contributed by atoms with E-state index in [0.717, 1.165) is 0 Å². The summed E-state index contributed by atoms with van der Waals surface area (Å²) in [5.74, 6) is 0.927. The van der Waals surface area contributed by atoms with Crippen LogP contribution >= 0.6 is 0 Å². The Hall–Kier alpha value is -2.89. The van der Waals surface area contributed by atoms with Gasteiger partial charge in [-0.1, -0.05) is 6.07 Å². The lowest BCUT2D eigenvalue weighted by Crippen LogP contribution is -2.10. The van der Waals surface area contributed by atoms with Gasteiger partial charge in [-0.05, 0) is 37.3 Å². The Morgan fingerprint density at radius 3 is 2.45 bits per heavy atom. The first-order chi connectivity index (χ1) is 9.49. The van der Waals surface area contributed by atoms with E-state index < -0.39 is 4.92 Å². The molecule has 0 amide bonds. The second kappa shape index (κ2) is 5.40. The average Bonchev–Trinajstić information content (AvgIpc) is 2.41. The molecule has 0 unspecified atom stereocenters. The zero-order valence-electron chi connectivity index (χ0n) is 10.8. The van der Waals surface area contributed by atoms with Crippen molar-refractivity contribution in [2.24, 2.45) is 5.73 Å². The fourth-order valence-electron chi connectivity index (χ4n) is 1.74. The number of rotatable bonds is 4. The molecule has 0 saturated heterocycles. The van der Waals surface area contributed by atoms with Crippen molar-refractivity contribution in [3.8, 4) is 11.5 Å².